The Kier molecular flexibility index (Phi) is 4.15. The van der Waals surface area contributed by atoms with Crippen molar-refractivity contribution in [1.82, 2.24) is 0 Å². The van der Waals surface area contributed by atoms with Gasteiger partial charge in [0.15, 0.2) is 0 Å². The van der Waals surface area contributed by atoms with Crippen molar-refractivity contribution < 1.29 is 15.3 Å². The van der Waals surface area contributed by atoms with E-state index in [9.17, 15) is 15.3 Å². The summed E-state index contributed by atoms with van der Waals surface area (Å²) in [7, 11) is 1.84. The summed E-state index contributed by atoms with van der Waals surface area (Å²) in [5.74, 6) is 0.0740. The van der Waals surface area contributed by atoms with Gasteiger partial charge in [-0.05, 0) is 19.9 Å². The van der Waals surface area contributed by atoms with Crippen LogP contribution >= 0.6 is 0 Å². The largest absolute Gasteiger partial charge is 0.507 e. The van der Waals surface area contributed by atoms with Crippen LogP contribution in [0.15, 0.2) is 18.2 Å². The molecule has 90 valence electrons. The standard InChI is InChI=1S/C12H19NO3/c1-8(14)7-13(3)10-4-5-11(9(2)15)12(16)6-10/h4-6,8-9,14-16H,7H2,1-3H3. The molecular formula is C12H19NO3. The van der Waals surface area contributed by atoms with Gasteiger partial charge in [0.05, 0.1) is 12.2 Å². The first-order valence-corrected chi connectivity index (χ1v) is 5.32. The van der Waals surface area contributed by atoms with Crippen LogP contribution in [0.25, 0.3) is 0 Å². The summed E-state index contributed by atoms with van der Waals surface area (Å²) in [6.07, 6.45) is -1.11. The lowest BCUT2D eigenvalue weighted by Crippen LogP contribution is -2.26. The third-order valence-electron chi connectivity index (χ3n) is 2.44. The van der Waals surface area contributed by atoms with Crippen molar-refractivity contribution in [3.05, 3.63) is 23.8 Å². The van der Waals surface area contributed by atoms with Crippen molar-refractivity contribution in [3.63, 3.8) is 0 Å². The van der Waals surface area contributed by atoms with Gasteiger partial charge >= 0.3 is 0 Å². The van der Waals surface area contributed by atoms with Gasteiger partial charge in [0.2, 0.25) is 0 Å². The molecule has 1 aromatic rings. The second-order valence-electron chi connectivity index (χ2n) is 4.15. The van der Waals surface area contributed by atoms with Gasteiger partial charge in [-0.1, -0.05) is 6.07 Å². The number of benzene rings is 1. The van der Waals surface area contributed by atoms with Crippen molar-refractivity contribution in [1.29, 1.82) is 0 Å². The van der Waals surface area contributed by atoms with E-state index in [1.807, 2.05) is 18.0 Å². The van der Waals surface area contributed by atoms with Gasteiger partial charge in [-0.3, -0.25) is 0 Å². The van der Waals surface area contributed by atoms with Gasteiger partial charge < -0.3 is 20.2 Å². The van der Waals surface area contributed by atoms with Crippen LogP contribution in [0, 0.1) is 0 Å². The van der Waals surface area contributed by atoms with E-state index < -0.39 is 12.2 Å². The Morgan fingerprint density at radius 3 is 2.31 bits per heavy atom. The molecule has 4 nitrogen and oxygen atoms in total. The van der Waals surface area contributed by atoms with Crippen LogP contribution in [-0.2, 0) is 0 Å². The lowest BCUT2D eigenvalue weighted by molar-refractivity contribution is 0.194. The molecule has 0 saturated heterocycles. The van der Waals surface area contributed by atoms with E-state index in [-0.39, 0.29) is 5.75 Å². The molecule has 0 fully saturated rings. The first-order valence-electron chi connectivity index (χ1n) is 5.32. The maximum atomic E-state index is 9.70. The van der Waals surface area contributed by atoms with Crippen LogP contribution < -0.4 is 4.90 Å². The topological polar surface area (TPSA) is 63.9 Å². The third-order valence-corrected chi connectivity index (χ3v) is 2.44. The SMILES string of the molecule is CC(O)CN(C)c1ccc(C(C)O)c(O)c1. The molecule has 0 aliphatic heterocycles. The van der Waals surface area contributed by atoms with E-state index in [4.69, 9.17) is 0 Å². The number of aliphatic hydroxyl groups is 2. The molecule has 0 radical (unpaired) electrons. The molecular weight excluding hydrogens is 206 g/mol. The van der Waals surface area contributed by atoms with Crippen molar-refractivity contribution in [2.45, 2.75) is 26.1 Å². The number of nitrogens with zero attached hydrogens (tertiary/aromatic N) is 1. The number of phenols is 1. The van der Waals surface area contributed by atoms with Crippen LogP contribution in [0.4, 0.5) is 5.69 Å². The van der Waals surface area contributed by atoms with E-state index in [2.05, 4.69) is 0 Å². The smallest absolute Gasteiger partial charge is 0.123 e. The highest BCUT2D eigenvalue weighted by Crippen LogP contribution is 2.28. The summed E-state index contributed by atoms with van der Waals surface area (Å²) >= 11 is 0. The molecule has 0 amide bonds. The summed E-state index contributed by atoms with van der Waals surface area (Å²) in [6, 6.07) is 5.09. The van der Waals surface area contributed by atoms with Crippen molar-refractivity contribution in [2.75, 3.05) is 18.5 Å². The van der Waals surface area contributed by atoms with Crippen LogP contribution in [0.1, 0.15) is 25.5 Å². The average molecular weight is 225 g/mol. The zero-order valence-corrected chi connectivity index (χ0v) is 9.88. The van der Waals surface area contributed by atoms with Gasteiger partial charge in [0.25, 0.3) is 0 Å². The fraction of sp³-hybridized carbons (Fsp3) is 0.500. The number of likely N-dealkylation sites (N-methyl/N-ethyl adjacent to an activating group) is 1. The summed E-state index contributed by atoms with van der Waals surface area (Å²) < 4.78 is 0. The number of phenolic OH excluding ortho intramolecular Hbond substituents is 1. The quantitative estimate of drug-likeness (QED) is 0.722. The molecule has 16 heavy (non-hydrogen) atoms. The second kappa shape index (κ2) is 5.18. The molecule has 2 unspecified atom stereocenters. The number of hydrogen-bond acceptors (Lipinski definition) is 4. The molecule has 0 heterocycles. The number of anilines is 1. The molecule has 1 aromatic carbocycles. The highest BCUT2D eigenvalue weighted by molar-refractivity contribution is 5.53. The maximum Gasteiger partial charge on any atom is 0.123 e. The van der Waals surface area contributed by atoms with E-state index in [0.29, 0.717) is 12.1 Å². The Balaban J connectivity index is 2.88. The predicted octanol–water partition coefficient (Wildman–Crippen LogP) is 1.26. The zero-order valence-electron chi connectivity index (χ0n) is 9.88. The minimum Gasteiger partial charge on any atom is -0.507 e. The molecule has 4 heteroatoms. The minimum absolute atomic E-state index is 0.0740. The van der Waals surface area contributed by atoms with Gasteiger partial charge in [-0.15, -0.1) is 0 Å². The fourth-order valence-electron chi connectivity index (χ4n) is 1.62. The summed E-state index contributed by atoms with van der Waals surface area (Å²) in [5, 5.41) is 28.3. The molecule has 0 spiro atoms. The lowest BCUT2D eigenvalue weighted by Gasteiger charge is -2.21. The average Bonchev–Trinajstić information content (AvgIpc) is 2.15. The Hall–Kier alpha value is -1.26. The molecule has 0 aliphatic rings. The van der Waals surface area contributed by atoms with Crippen LogP contribution in [-0.4, -0.2) is 35.0 Å². The van der Waals surface area contributed by atoms with E-state index in [1.54, 1.807) is 26.0 Å². The molecule has 0 saturated carbocycles. The van der Waals surface area contributed by atoms with Crippen LogP contribution in [0.2, 0.25) is 0 Å². The monoisotopic (exact) mass is 225 g/mol. The van der Waals surface area contributed by atoms with Crippen molar-refractivity contribution in [3.8, 4) is 5.75 Å². The Labute approximate surface area is 95.8 Å². The van der Waals surface area contributed by atoms with Crippen molar-refractivity contribution >= 4 is 5.69 Å². The second-order valence-corrected chi connectivity index (χ2v) is 4.15. The van der Waals surface area contributed by atoms with Gasteiger partial charge in [-0.2, -0.15) is 0 Å². The number of hydrogen-bond donors (Lipinski definition) is 3. The van der Waals surface area contributed by atoms with E-state index in [1.165, 1.54) is 0 Å². The molecule has 2 atom stereocenters. The summed E-state index contributed by atoms with van der Waals surface area (Å²) in [6.45, 7) is 3.81. The van der Waals surface area contributed by atoms with Crippen molar-refractivity contribution in [2.24, 2.45) is 0 Å². The number of rotatable bonds is 4. The Morgan fingerprint density at radius 1 is 1.25 bits per heavy atom. The lowest BCUT2D eigenvalue weighted by atomic mass is 10.1. The summed E-state index contributed by atoms with van der Waals surface area (Å²) in [4.78, 5) is 1.84. The fourth-order valence-corrected chi connectivity index (χ4v) is 1.62. The molecule has 0 aromatic heterocycles. The third kappa shape index (κ3) is 3.12. The van der Waals surface area contributed by atoms with Crippen LogP contribution in [0.3, 0.4) is 0 Å². The zero-order chi connectivity index (χ0) is 12.3. The maximum absolute atomic E-state index is 9.70. The number of aliphatic hydroxyl groups excluding tert-OH is 2. The first kappa shape index (κ1) is 12.8. The van der Waals surface area contributed by atoms with E-state index >= 15 is 0 Å². The highest BCUT2D eigenvalue weighted by Gasteiger charge is 2.10. The molecule has 3 N–H and O–H groups in total. The van der Waals surface area contributed by atoms with Gasteiger partial charge in [0, 0.05) is 30.9 Å². The molecule has 0 bridgehead atoms. The number of aromatic hydroxyl groups is 1. The van der Waals surface area contributed by atoms with E-state index in [0.717, 1.165) is 5.69 Å². The van der Waals surface area contributed by atoms with Gasteiger partial charge in [0.1, 0.15) is 5.75 Å². The first-order chi connectivity index (χ1) is 7.41. The van der Waals surface area contributed by atoms with Crippen LogP contribution in [0.5, 0.6) is 5.75 Å². The Morgan fingerprint density at radius 2 is 1.88 bits per heavy atom. The molecule has 0 aliphatic carbocycles. The normalized spacial score (nSPS) is 14.6. The minimum atomic E-state index is -0.684. The highest BCUT2D eigenvalue weighted by atomic mass is 16.3. The molecule has 1 rings (SSSR count). The Bertz CT molecular complexity index is 350. The predicted molar refractivity (Wildman–Crippen MR) is 63.7 cm³/mol. The summed E-state index contributed by atoms with van der Waals surface area (Å²) in [5.41, 5.74) is 1.32. The van der Waals surface area contributed by atoms with Gasteiger partial charge in [-0.25, -0.2) is 0 Å².